The smallest absolute Gasteiger partial charge is 0.252 e. The molecule has 0 bridgehead atoms. The van der Waals surface area contributed by atoms with E-state index in [0.717, 1.165) is 18.6 Å². The number of amides is 1. The Bertz CT molecular complexity index is 697. The van der Waals surface area contributed by atoms with E-state index in [-0.39, 0.29) is 11.3 Å². The Morgan fingerprint density at radius 3 is 2.61 bits per heavy atom. The summed E-state index contributed by atoms with van der Waals surface area (Å²) in [6, 6.07) is 9.48. The Balaban J connectivity index is 1.72. The molecular weight excluding hydrogens is 292 g/mol. The molecule has 1 heterocycles. The Hall–Kier alpha value is -2.56. The van der Waals surface area contributed by atoms with E-state index in [4.69, 9.17) is 9.47 Å². The number of rotatable bonds is 6. The first kappa shape index (κ1) is 15.3. The summed E-state index contributed by atoms with van der Waals surface area (Å²) in [6.07, 6.45) is 5.33. The van der Waals surface area contributed by atoms with Gasteiger partial charge >= 0.3 is 0 Å². The van der Waals surface area contributed by atoms with Crippen molar-refractivity contribution < 1.29 is 14.3 Å². The van der Waals surface area contributed by atoms with Crippen LogP contribution in [0.15, 0.2) is 42.7 Å². The molecule has 23 heavy (non-hydrogen) atoms. The molecule has 1 amide bonds. The number of carbonyl (C=O) groups excluding carboxylic acids is 1. The Labute approximate surface area is 135 Å². The van der Waals surface area contributed by atoms with E-state index < -0.39 is 0 Å². The largest absolute Gasteiger partial charge is 0.493 e. The molecule has 0 aliphatic heterocycles. The molecule has 3 rings (SSSR count). The molecule has 1 aromatic carbocycles. The standard InChI is InChI=1S/C18H20N2O3/c1-22-15-6-5-14(10-16(15)23-2)18(7-8-18)12-20-17(21)13-4-3-9-19-11-13/h3-6,9-11H,7-8,12H2,1-2H3,(H,20,21). The molecule has 5 nitrogen and oxygen atoms in total. The highest BCUT2D eigenvalue weighted by molar-refractivity contribution is 5.93. The normalized spacial score (nSPS) is 14.9. The Morgan fingerprint density at radius 1 is 1.22 bits per heavy atom. The number of benzene rings is 1. The molecule has 0 atom stereocenters. The van der Waals surface area contributed by atoms with Crippen molar-refractivity contribution in [3.63, 3.8) is 0 Å². The first-order valence-electron chi connectivity index (χ1n) is 7.59. The highest BCUT2D eigenvalue weighted by Crippen LogP contribution is 2.49. The van der Waals surface area contributed by atoms with Crippen molar-refractivity contribution in [3.8, 4) is 11.5 Å². The van der Waals surface area contributed by atoms with E-state index in [1.165, 1.54) is 5.56 Å². The van der Waals surface area contributed by atoms with Crippen LogP contribution in [0.2, 0.25) is 0 Å². The minimum atomic E-state index is -0.0927. The summed E-state index contributed by atoms with van der Waals surface area (Å²) >= 11 is 0. The topological polar surface area (TPSA) is 60.5 Å². The SMILES string of the molecule is COc1ccc(C2(CNC(=O)c3cccnc3)CC2)cc1OC. The Kier molecular flexibility index (Phi) is 4.19. The summed E-state index contributed by atoms with van der Waals surface area (Å²) in [4.78, 5) is 16.2. The summed E-state index contributed by atoms with van der Waals surface area (Å²) < 4.78 is 10.7. The lowest BCUT2D eigenvalue weighted by Gasteiger charge is -2.18. The van der Waals surface area contributed by atoms with Crippen molar-refractivity contribution in [2.45, 2.75) is 18.3 Å². The fourth-order valence-corrected chi connectivity index (χ4v) is 2.73. The monoisotopic (exact) mass is 312 g/mol. The summed E-state index contributed by atoms with van der Waals surface area (Å²) in [7, 11) is 3.25. The lowest BCUT2D eigenvalue weighted by atomic mass is 9.95. The van der Waals surface area contributed by atoms with Crippen molar-refractivity contribution in [2.24, 2.45) is 0 Å². The zero-order chi connectivity index (χ0) is 16.3. The molecule has 1 aliphatic rings. The van der Waals surface area contributed by atoms with Gasteiger partial charge in [-0.1, -0.05) is 6.07 Å². The van der Waals surface area contributed by atoms with Gasteiger partial charge in [-0.3, -0.25) is 9.78 Å². The summed E-state index contributed by atoms with van der Waals surface area (Å²) in [5, 5.41) is 3.02. The number of hydrogen-bond donors (Lipinski definition) is 1. The molecule has 0 saturated heterocycles. The third-order valence-corrected chi connectivity index (χ3v) is 4.36. The van der Waals surface area contributed by atoms with Gasteiger partial charge in [0.15, 0.2) is 11.5 Å². The van der Waals surface area contributed by atoms with E-state index in [1.54, 1.807) is 38.7 Å². The molecule has 2 aromatic rings. The number of methoxy groups -OCH3 is 2. The van der Waals surface area contributed by atoms with Gasteiger partial charge in [0.25, 0.3) is 5.91 Å². The maximum atomic E-state index is 12.2. The predicted octanol–water partition coefficient (Wildman–Crippen LogP) is 2.56. The fourth-order valence-electron chi connectivity index (χ4n) is 2.73. The van der Waals surface area contributed by atoms with Crippen LogP contribution in [0.4, 0.5) is 0 Å². The lowest BCUT2D eigenvalue weighted by molar-refractivity contribution is 0.0949. The van der Waals surface area contributed by atoms with E-state index in [2.05, 4.69) is 10.3 Å². The van der Waals surface area contributed by atoms with Crippen molar-refractivity contribution in [3.05, 3.63) is 53.9 Å². The van der Waals surface area contributed by atoms with Crippen molar-refractivity contribution in [1.82, 2.24) is 10.3 Å². The van der Waals surface area contributed by atoms with E-state index >= 15 is 0 Å². The molecule has 120 valence electrons. The van der Waals surface area contributed by atoms with Gasteiger partial charge in [0.05, 0.1) is 19.8 Å². The molecule has 1 saturated carbocycles. The molecule has 0 unspecified atom stereocenters. The average Bonchev–Trinajstić information content (AvgIpc) is 3.41. The number of aromatic nitrogens is 1. The van der Waals surface area contributed by atoms with Crippen molar-refractivity contribution >= 4 is 5.91 Å². The van der Waals surface area contributed by atoms with Gasteiger partial charge in [-0.15, -0.1) is 0 Å². The third kappa shape index (κ3) is 3.13. The number of nitrogens with one attached hydrogen (secondary N) is 1. The van der Waals surface area contributed by atoms with E-state index in [0.29, 0.717) is 17.9 Å². The van der Waals surface area contributed by atoms with Crippen LogP contribution in [0, 0.1) is 0 Å². The van der Waals surface area contributed by atoms with Crippen molar-refractivity contribution in [1.29, 1.82) is 0 Å². The van der Waals surface area contributed by atoms with E-state index in [9.17, 15) is 4.79 Å². The second-order valence-electron chi connectivity index (χ2n) is 5.77. The highest BCUT2D eigenvalue weighted by Gasteiger charge is 2.44. The quantitative estimate of drug-likeness (QED) is 0.890. The van der Waals surface area contributed by atoms with Crippen LogP contribution < -0.4 is 14.8 Å². The average molecular weight is 312 g/mol. The summed E-state index contributed by atoms with van der Waals surface area (Å²) in [6.45, 7) is 0.607. The predicted molar refractivity (Wildman–Crippen MR) is 87.0 cm³/mol. The van der Waals surface area contributed by atoms with Crippen LogP contribution in [0.5, 0.6) is 11.5 Å². The number of carbonyl (C=O) groups is 1. The molecule has 1 aromatic heterocycles. The van der Waals surface area contributed by atoms with Gasteiger partial charge in [0, 0.05) is 24.4 Å². The zero-order valence-corrected chi connectivity index (χ0v) is 13.3. The minimum Gasteiger partial charge on any atom is -0.493 e. The number of ether oxygens (including phenoxy) is 2. The third-order valence-electron chi connectivity index (χ3n) is 4.36. The van der Waals surface area contributed by atoms with Crippen LogP contribution in [0.3, 0.4) is 0 Å². The van der Waals surface area contributed by atoms with Crippen LogP contribution in [0.1, 0.15) is 28.8 Å². The van der Waals surface area contributed by atoms with Gasteiger partial charge < -0.3 is 14.8 Å². The van der Waals surface area contributed by atoms with Crippen LogP contribution in [-0.4, -0.2) is 31.7 Å². The molecule has 5 heteroatoms. The number of nitrogens with zero attached hydrogens (tertiary/aromatic N) is 1. The van der Waals surface area contributed by atoms with E-state index in [1.807, 2.05) is 18.2 Å². The zero-order valence-electron chi connectivity index (χ0n) is 13.3. The second-order valence-corrected chi connectivity index (χ2v) is 5.77. The van der Waals surface area contributed by atoms with Gasteiger partial charge in [-0.25, -0.2) is 0 Å². The van der Waals surface area contributed by atoms with Crippen LogP contribution in [0.25, 0.3) is 0 Å². The first-order chi connectivity index (χ1) is 11.2. The maximum Gasteiger partial charge on any atom is 0.252 e. The molecule has 1 N–H and O–H groups in total. The van der Waals surface area contributed by atoms with Crippen molar-refractivity contribution in [2.75, 3.05) is 20.8 Å². The number of pyridine rings is 1. The van der Waals surface area contributed by atoms with Crippen LogP contribution in [-0.2, 0) is 5.41 Å². The molecule has 0 spiro atoms. The lowest BCUT2D eigenvalue weighted by Crippen LogP contribution is -2.32. The fraction of sp³-hybridized carbons (Fsp3) is 0.333. The maximum absolute atomic E-state index is 12.2. The molecule has 1 fully saturated rings. The second kappa shape index (κ2) is 6.28. The van der Waals surface area contributed by atoms with Gasteiger partial charge in [0.2, 0.25) is 0 Å². The van der Waals surface area contributed by atoms with Gasteiger partial charge in [0.1, 0.15) is 0 Å². The minimum absolute atomic E-state index is 0.00256. The molecular formula is C18H20N2O3. The Morgan fingerprint density at radius 2 is 2.00 bits per heavy atom. The highest BCUT2D eigenvalue weighted by atomic mass is 16.5. The first-order valence-corrected chi connectivity index (χ1v) is 7.59. The van der Waals surface area contributed by atoms with Gasteiger partial charge in [-0.2, -0.15) is 0 Å². The molecule has 0 radical (unpaired) electrons. The number of hydrogen-bond acceptors (Lipinski definition) is 4. The summed E-state index contributed by atoms with van der Waals surface area (Å²) in [5.41, 5.74) is 1.74. The van der Waals surface area contributed by atoms with Gasteiger partial charge in [-0.05, 0) is 42.7 Å². The summed E-state index contributed by atoms with van der Waals surface area (Å²) in [5.74, 6) is 1.34. The van der Waals surface area contributed by atoms with Crippen LogP contribution >= 0.6 is 0 Å². The molecule has 1 aliphatic carbocycles.